The quantitative estimate of drug-likeness (QED) is 0.603. The fraction of sp³-hybridized carbons (Fsp3) is 0.381. The molecule has 0 radical (unpaired) electrons. The monoisotopic (exact) mass is 391 g/mol. The topological polar surface area (TPSA) is 90.9 Å². The Hall–Kier alpha value is -2.97. The van der Waals surface area contributed by atoms with Crippen molar-refractivity contribution in [1.82, 2.24) is 35.3 Å². The third kappa shape index (κ3) is 3.34. The van der Waals surface area contributed by atoms with Gasteiger partial charge in [-0.05, 0) is 25.1 Å². The number of para-hydroxylation sites is 1. The molecule has 1 spiro atoms. The maximum absolute atomic E-state index is 12.7. The van der Waals surface area contributed by atoms with Gasteiger partial charge < -0.3 is 15.6 Å². The van der Waals surface area contributed by atoms with E-state index in [0.717, 1.165) is 49.4 Å². The molecule has 8 nitrogen and oxygen atoms in total. The first-order valence-electron chi connectivity index (χ1n) is 10.1. The van der Waals surface area contributed by atoms with E-state index in [1.807, 2.05) is 41.2 Å². The van der Waals surface area contributed by atoms with Crippen LogP contribution in [0.4, 0.5) is 0 Å². The van der Waals surface area contributed by atoms with Crippen LogP contribution in [0.3, 0.4) is 0 Å². The lowest BCUT2D eigenvalue weighted by Gasteiger charge is -2.43. The van der Waals surface area contributed by atoms with E-state index in [2.05, 4.69) is 30.6 Å². The number of amides is 1. The normalized spacial score (nSPS) is 21.4. The van der Waals surface area contributed by atoms with Gasteiger partial charge in [0.05, 0.1) is 36.0 Å². The number of carbonyl (C=O) groups is 1. The lowest BCUT2D eigenvalue weighted by molar-refractivity contribution is -0.124. The van der Waals surface area contributed by atoms with Gasteiger partial charge in [-0.2, -0.15) is 5.10 Å². The lowest BCUT2D eigenvalue weighted by Crippen LogP contribution is -2.55. The van der Waals surface area contributed by atoms with Crippen molar-refractivity contribution in [3.63, 3.8) is 0 Å². The van der Waals surface area contributed by atoms with Gasteiger partial charge >= 0.3 is 0 Å². The fourth-order valence-electron chi connectivity index (χ4n) is 4.51. The van der Waals surface area contributed by atoms with E-state index >= 15 is 0 Å². The van der Waals surface area contributed by atoms with Gasteiger partial charge in [-0.1, -0.05) is 18.2 Å². The molecule has 29 heavy (non-hydrogen) atoms. The Labute approximate surface area is 169 Å². The van der Waals surface area contributed by atoms with E-state index < -0.39 is 0 Å². The number of nitrogens with one attached hydrogen (secondary N) is 3. The molecule has 3 aromatic rings. The summed E-state index contributed by atoms with van der Waals surface area (Å²) >= 11 is 0. The van der Waals surface area contributed by atoms with E-state index in [-0.39, 0.29) is 11.4 Å². The number of benzene rings is 1. The molecule has 1 saturated heterocycles. The molecule has 4 heterocycles. The summed E-state index contributed by atoms with van der Waals surface area (Å²) in [5.74, 6) is 0.0303. The van der Waals surface area contributed by atoms with Gasteiger partial charge in [0.1, 0.15) is 0 Å². The smallest absolute Gasteiger partial charge is 0.234 e. The first kappa shape index (κ1) is 18.1. The van der Waals surface area contributed by atoms with Gasteiger partial charge in [-0.15, -0.1) is 0 Å². The van der Waals surface area contributed by atoms with Gasteiger partial charge in [0.2, 0.25) is 5.91 Å². The first-order chi connectivity index (χ1) is 14.2. The van der Waals surface area contributed by atoms with Gasteiger partial charge in [-0.25, -0.2) is 9.67 Å². The number of rotatable bonds is 5. The highest BCUT2D eigenvalue weighted by molar-refractivity contribution is 5.78. The van der Waals surface area contributed by atoms with Crippen molar-refractivity contribution in [2.75, 3.05) is 26.2 Å². The van der Waals surface area contributed by atoms with Crippen LogP contribution in [0.1, 0.15) is 23.4 Å². The maximum atomic E-state index is 12.7. The van der Waals surface area contributed by atoms with Gasteiger partial charge in [0, 0.05) is 43.5 Å². The van der Waals surface area contributed by atoms with Gasteiger partial charge in [0.25, 0.3) is 0 Å². The summed E-state index contributed by atoms with van der Waals surface area (Å²) in [5.41, 5.74) is 4.12. The van der Waals surface area contributed by atoms with E-state index in [4.69, 9.17) is 0 Å². The van der Waals surface area contributed by atoms with Gasteiger partial charge in [0.15, 0.2) is 0 Å². The van der Waals surface area contributed by atoms with Crippen LogP contribution in [-0.2, 0) is 23.3 Å². The second kappa shape index (κ2) is 7.46. The maximum Gasteiger partial charge on any atom is 0.234 e. The van der Waals surface area contributed by atoms with Crippen LogP contribution in [0.5, 0.6) is 0 Å². The number of nitrogens with zero attached hydrogens (tertiary/aromatic N) is 4. The number of H-pyrrole nitrogens is 1. The minimum atomic E-state index is -0.177. The molecule has 1 unspecified atom stereocenters. The predicted octanol–water partition coefficient (Wildman–Crippen LogP) is 0.959. The highest BCUT2D eigenvalue weighted by Gasteiger charge is 2.47. The molecule has 1 atom stereocenters. The van der Waals surface area contributed by atoms with Crippen molar-refractivity contribution >= 4 is 5.91 Å². The zero-order valence-corrected chi connectivity index (χ0v) is 16.3. The number of hydrogen-bond donors (Lipinski definition) is 3. The SMILES string of the molecule is O=C(CN1CCc2[nH]cnc2C12CCNC2)NCc1cnn(-c2ccccc2)c1. The number of fused-ring (bicyclic) bond motifs is 2. The van der Waals surface area contributed by atoms with Crippen molar-refractivity contribution in [2.24, 2.45) is 0 Å². The Morgan fingerprint density at radius 3 is 3.00 bits per heavy atom. The van der Waals surface area contributed by atoms with Crippen LogP contribution in [-0.4, -0.2) is 56.7 Å². The van der Waals surface area contributed by atoms with Crippen LogP contribution >= 0.6 is 0 Å². The zero-order chi connectivity index (χ0) is 19.7. The van der Waals surface area contributed by atoms with Crippen molar-refractivity contribution in [3.8, 4) is 5.69 Å². The number of imidazole rings is 1. The molecule has 3 N–H and O–H groups in total. The van der Waals surface area contributed by atoms with Crippen LogP contribution in [0.2, 0.25) is 0 Å². The Kier molecular flexibility index (Phi) is 4.65. The second-order valence-corrected chi connectivity index (χ2v) is 7.77. The van der Waals surface area contributed by atoms with E-state index in [9.17, 15) is 4.79 Å². The zero-order valence-electron chi connectivity index (χ0n) is 16.3. The summed E-state index contributed by atoms with van der Waals surface area (Å²) in [7, 11) is 0. The Balaban J connectivity index is 1.23. The van der Waals surface area contributed by atoms with Crippen LogP contribution in [0.25, 0.3) is 5.69 Å². The van der Waals surface area contributed by atoms with Crippen LogP contribution in [0.15, 0.2) is 49.1 Å². The Bertz CT molecular complexity index is 987. The van der Waals surface area contributed by atoms with E-state index in [1.165, 1.54) is 5.69 Å². The molecule has 5 rings (SSSR count). The summed E-state index contributed by atoms with van der Waals surface area (Å²) in [5, 5.41) is 10.9. The summed E-state index contributed by atoms with van der Waals surface area (Å²) in [6.45, 7) is 3.49. The van der Waals surface area contributed by atoms with Crippen molar-refractivity contribution in [1.29, 1.82) is 0 Å². The number of aromatic amines is 1. The molecule has 2 aliphatic rings. The minimum Gasteiger partial charge on any atom is -0.351 e. The highest BCUT2D eigenvalue weighted by Crippen LogP contribution is 2.38. The lowest BCUT2D eigenvalue weighted by atomic mass is 9.86. The third-order valence-electron chi connectivity index (χ3n) is 6.01. The minimum absolute atomic E-state index is 0.0303. The van der Waals surface area contributed by atoms with Crippen LogP contribution < -0.4 is 10.6 Å². The molecule has 0 saturated carbocycles. The number of aromatic nitrogens is 4. The highest BCUT2D eigenvalue weighted by atomic mass is 16.2. The molecule has 0 aliphatic carbocycles. The summed E-state index contributed by atoms with van der Waals surface area (Å²) in [6, 6.07) is 9.95. The predicted molar refractivity (Wildman–Crippen MR) is 108 cm³/mol. The number of hydrogen-bond acceptors (Lipinski definition) is 5. The molecule has 150 valence electrons. The molecule has 2 aromatic heterocycles. The fourth-order valence-corrected chi connectivity index (χ4v) is 4.51. The van der Waals surface area contributed by atoms with Crippen molar-refractivity contribution in [2.45, 2.75) is 24.9 Å². The summed E-state index contributed by atoms with van der Waals surface area (Å²) in [4.78, 5) is 22.9. The first-order valence-corrected chi connectivity index (χ1v) is 10.1. The van der Waals surface area contributed by atoms with Gasteiger partial charge in [-0.3, -0.25) is 9.69 Å². The molecule has 1 amide bonds. The Morgan fingerprint density at radius 2 is 2.17 bits per heavy atom. The molecule has 1 fully saturated rings. The summed E-state index contributed by atoms with van der Waals surface area (Å²) < 4.78 is 1.82. The summed E-state index contributed by atoms with van der Waals surface area (Å²) in [6.07, 6.45) is 7.40. The van der Waals surface area contributed by atoms with Crippen LogP contribution in [0, 0.1) is 0 Å². The molecule has 1 aromatic carbocycles. The largest absolute Gasteiger partial charge is 0.351 e. The van der Waals surface area contributed by atoms with E-state index in [1.54, 1.807) is 12.5 Å². The molecular formula is C21H25N7O. The molecule has 2 aliphatic heterocycles. The van der Waals surface area contributed by atoms with E-state index in [0.29, 0.717) is 13.1 Å². The average molecular weight is 391 g/mol. The molecule has 8 heteroatoms. The molecular weight excluding hydrogens is 366 g/mol. The van der Waals surface area contributed by atoms with Crippen molar-refractivity contribution in [3.05, 3.63) is 66.0 Å². The number of carbonyl (C=O) groups excluding carboxylic acids is 1. The second-order valence-electron chi connectivity index (χ2n) is 7.77. The Morgan fingerprint density at radius 1 is 1.28 bits per heavy atom. The molecule has 0 bridgehead atoms. The standard InChI is InChI=1S/C21H25N7O/c29-19(23-10-16-11-26-28(12-16)17-4-2-1-3-5-17)13-27-9-6-18-20(25-15-24-18)21(27)7-8-22-14-21/h1-5,11-12,15,22H,6-10,13-14H2,(H,23,29)(H,24,25). The van der Waals surface area contributed by atoms with Crippen molar-refractivity contribution < 1.29 is 4.79 Å². The third-order valence-corrected chi connectivity index (χ3v) is 6.01. The average Bonchev–Trinajstić information content (AvgIpc) is 3.51.